The van der Waals surface area contributed by atoms with Crippen LogP contribution in [0.2, 0.25) is 5.02 Å². The number of anilines is 1. The molecule has 12 heteroatoms. The summed E-state index contributed by atoms with van der Waals surface area (Å²) in [5.41, 5.74) is 8.10. The topological polar surface area (TPSA) is 104 Å². The highest BCUT2D eigenvalue weighted by Gasteiger charge is 2.26. The van der Waals surface area contributed by atoms with Gasteiger partial charge < -0.3 is 10.5 Å². The van der Waals surface area contributed by atoms with Gasteiger partial charge in [0.15, 0.2) is 27.2 Å². The van der Waals surface area contributed by atoms with Crippen molar-refractivity contribution >= 4 is 39.1 Å². The molecule has 1 aliphatic rings. The molecular weight excluding hydrogens is 555 g/mol. The summed E-state index contributed by atoms with van der Waals surface area (Å²) in [7, 11) is -3.45. The van der Waals surface area contributed by atoms with Crippen LogP contribution in [0, 0.1) is 17.5 Å². The normalized spacial score (nSPS) is 12.8. The summed E-state index contributed by atoms with van der Waals surface area (Å²) in [5, 5.41) is 4.29. The van der Waals surface area contributed by atoms with E-state index in [0.29, 0.717) is 22.4 Å². The number of nitrogens with two attached hydrogens (primary N) is 1. The van der Waals surface area contributed by atoms with Crippen molar-refractivity contribution < 1.29 is 31.1 Å². The molecule has 2 N–H and O–H groups in total. The molecule has 3 aromatic carbocycles. The van der Waals surface area contributed by atoms with Crippen molar-refractivity contribution in [3.63, 3.8) is 0 Å². The number of hydrogen-bond donors (Lipinski definition) is 1. The molecule has 39 heavy (non-hydrogen) atoms. The minimum atomic E-state index is -3.45. The molecule has 0 atom stereocenters. The van der Waals surface area contributed by atoms with Gasteiger partial charge in [0, 0.05) is 29.9 Å². The van der Waals surface area contributed by atoms with E-state index in [4.69, 9.17) is 22.1 Å². The molecule has 0 fully saturated rings. The Hall–Kier alpha value is -4.09. The van der Waals surface area contributed by atoms with Crippen LogP contribution in [0.25, 0.3) is 11.8 Å². The van der Waals surface area contributed by atoms with E-state index >= 15 is 0 Å². The van der Waals surface area contributed by atoms with Gasteiger partial charge in [-0.1, -0.05) is 23.7 Å². The average molecular weight is 574 g/mol. The van der Waals surface area contributed by atoms with Gasteiger partial charge in [0.05, 0.1) is 28.2 Å². The number of halogens is 4. The van der Waals surface area contributed by atoms with Gasteiger partial charge in [-0.3, -0.25) is 4.79 Å². The Balaban J connectivity index is 1.38. The summed E-state index contributed by atoms with van der Waals surface area (Å²) in [6.45, 7) is 0. The Kier molecular flexibility index (Phi) is 6.73. The van der Waals surface area contributed by atoms with E-state index in [0.717, 1.165) is 12.3 Å². The monoisotopic (exact) mass is 573 g/mol. The third kappa shape index (κ3) is 5.27. The number of carbonyl (C=O) groups is 1. The third-order valence-corrected chi connectivity index (χ3v) is 7.21. The summed E-state index contributed by atoms with van der Waals surface area (Å²) in [4.78, 5) is 13.3. The number of ketones is 1. The van der Waals surface area contributed by atoms with Gasteiger partial charge in [0.25, 0.3) is 0 Å². The maximum absolute atomic E-state index is 14.4. The van der Waals surface area contributed by atoms with Crippen LogP contribution in [0.1, 0.15) is 27.0 Å². The summed E-state index contributed by atoms with van der Waals surface area (Å²) in [5.74, 6) is -3.95. The predicted molar refractivity (Wildman–Crippen MR) is 140 cm³/mol. The number of ether oxygens (including phenoxy) is 1. The number of fused-ring (bicyclic) bond motifs is 1. The zero-order chi connectivity index (χ0) is 28.1. The third-order valence-electron chi connectivity index (χ3n) is 6.07. The van der Waals surface area contributed by atoms with E-state index in [1.165, 1.54) is 59.4 Å². The number of rotatable bonds is 7. The van der Waals surface area contributed by atoms with Gasteiger partial charge >= 0.3 is 0 Å². The van der Waals surface area contributed by atoms with E-state index in [-0.39, 0.29) is 39.9 Å². The molecule has 5 rings (SSSR count). The maximum atomic E-state index is 14.4. The molecule has 0 unspecified atom stereocenters. The molecule has 0 spiro atoms. The standard InChI is InChI=1S/C27H19ClF3N3O4S/c1-39(36,37)13-17-9-14-7-16(8-15(14)10-22(17)30)26(35)19-12-33-34(27(19)32)23-6-5-18(11-20(23)28)38-24-4-2-3-21(29)25(24)31/h2-6,8-12H,7,13,32H2,1H3. The van der Waals surface area contributed by atoms with Crippen molar-refractivity contribution in [2.75, 3.05) is 12.0 Å². The van der Waals surface area contributed by atoms with E-state index in [1.807, 2.05) is 0 Å². The Morgan fingerprint density at radius 2 is 1.90 bits per heavy atom. The van der Waals surface area contributed by atoms with Crippen molar-refractivity contribution in [3.05, 3.63) is 105 Å². The zero-order valence-corrected chi connectivity index (χ0v) is 21.8. The van der Waals surface area contributed by atoms with Crippen LogP contribution in [-0.2, 0) is 22.0 Å². The molecule has 7 nitrogen and oxygen atoms in total. The lowest BCUT2D eigenvalue weighted by atomic mass is 10.0. The van der Waals surface area contributed by atoms with Crippen molar-refractivity contribution in [1.82, 2.24) is 9.78 Å². The summed E-state index contributed by atoms with van der Waals surface area (Å²) < 4.78 is 71.7. The quantitative estimate of drug-likeness (QED) is 0.285. The lowest BCUT2D eigenvalue weighted by Gasteiger charge is -2.11. The largest absolute Gasteiger partial charge is 0.454 e. The molecule has 0 bridgehead atoms. The van der Waals surface area contributed by atoms with Crippen LogP contribution in [0.3, 0.4) is 0 Å². The Bertz CT molecular complexity index is 1800. The highest BCUT2D eigenvalue weighted by molar-refractivity contribution is 7.89. The second-order valence-electron chi connectivity index (χ2n) is 9.01. The summed E-state index contributed by atoms with van der Waals surface area (Å²) >= 11 is 6.39. The SMILES string of the molecule is CS(=O)(=O)Cc1cc2c(cc1F)C=C(C(=O)c1cnn(-c3ccc(Oc4cccc(F)c4F)cc3Cl)c1N)C2. The molecule has 1 aromatic heterocycles. The lowest BCUT2D eigenvalue weighted by molar-refractivity contribution is 0.103. The second-order valence-corrected chi connectivity index (χ2v) is 11.6. The van der Waals surface area contributed by atoms with Crippen molar-refractivity contribution in [1.29, 1.82) is 0 Å². The van der Waals surface area contributed by atoms with Gasteiger partial charge in [0.2, 0.25) is 5.82 Å². The van der Waals surface area contributed by atoms with Gasteiger partial charge in [-0.05, 0) is 47.5 Å². The molecule has 0 saturated heterocycles. The van der Waals surface area contributed by atoms with Crippen LogP contribution in [0.4, 0.5) is 19.0 Å². The Morgan fingerprint density at radius 3 is 2.62 bits per heavy atom. The number of allylic oxidation sites excluding steroid dienone is 1. The van der Waals surface area contributed by atoms with Crippen LogP contribution >= 0.6 is 11.6 Å². The second kappa shape index (κ2) is 9.90. The van der Waals surface area contributed by atoms with Crippen LogP contribution in [0.5, 0.6) is 11.5 Å². The minimum absolute atomic E-state index is 0.00690. The number of sulfone groups is 1. The fourth-order valence-electron chi connectivity index (χ4n) is 4.27. The van der Waals surface area contributed by atoms with Crippen LogP contribution in [-0.4, -0.2) is 30.2 Å². The molecule has 1 aliphatic carbocycles. The van der Waals surface area contributed by atoms with E-state index in [1.54, 1.807) is 0 Å². The average Bonchev–Trinajstić information content (AvgIpc) is 3.44. The van der Waals surface area contributed by atoms with Gasteiger partial charge in [0.1, 0.15) is 17.4 Å². The molecule has 200 valence electrons. The number of benzene rings is 3. The molecule has 0 aliphatic heterocycles. The Morgan fingerprint density at radius 1 is 1.13 bits per heavy atom. The Labute approximate surface area is 226 Å². The molecule has 0 radical (unpaired) electrons. The molecular formula is C27H19ClF3N3O4S. The molecule has 4 aromatic rings. The van der Waals surface area contributed by atoms with Gasteiger partial charge in [-0.15, -0.1) is 0 Å². The van der Waals surface area contributed by atoms with Crippen LogP contribution in [0.15, 0.2) is 60.3 Å². The highest BCUT2D eigenvalue weighted by atomic mass is 35.5. The molecule has 1 heterocycles. The number of nitrogens with zero attached hydrogens (tertiary/aromatic N) is 2. The summed E-state index contributed by atoms with van der Waals surface area (Å²) in [6, 6.07) is 10.5. The zero-order valence-electron chi connectivity index (χ0n) is 20.2. The fourth-order valence-corrected chi connectivity index (χ4v) is 5.30. The van der Waals surface area contributed by atoms with E-state index in [2.05, 4.69) is 5.10 Å². The predicted octanol–water partition coefficient (Wildman–Crippen LogP) is 5.68. The lowest BCUT2D eigenvalue weighted by Crippen LogP contribution is -2.09. The smallest absolute Gasteiger partial charge is 0.201 e. The number of carbonyl (C=O) groups excluding carboxylic acids is 1. The highest BCUT2D eigenvalue weighted by Crippen LogP contribution is 2.34. The van der Waals surface area contributed by atoms with Gasteiger partial charge in [-0.2, -0.15) is 9.49 Å². The van der Waals surface area contributed by atoms with E-state index in [9.17, 15) is 26.4 Å². The maximum Gasteiger partial charge on any atom is 0.201 e. The number of aromatic nitrogens is 2. The number of nitrogen functional groups attached to an aromatic ring is 1. The first-order valence-electron chi connectivity index (χ1n) is 11.4. The first-order valence-corrected chi connectivity index (χ1v) is 13.8. The first kappa shape index (κ1) is 26.5. The summed E-state index contributed by atoms with van der Waals surface area (Å²) in [6.07, 6.45) is 4.00. The minimum Gasteiger partial charge on any atom is -0.454 e. The van der Waals surface area contributed by atoms with Crippen LogP contribution < -0.4 is 10.5 Å². The molecule has 0 saturated carbocycles. The molecule has 0 amide bonds. The number of Topliss-reactive ketones (excluding diaryl/α,β-unsaturated/α-hetero) is 1. The number of hydrogen-bond acceptors (Lipinski definition) is 6. The first-order chi connectivity index (χ1) is 18.4. The van der Waals surface area contributed by atoms with Gasteiger partial charge in [-0.25, -0.2) is 21.9 Å². The van der Waals surface area contributed by atoms with Crippen molar-refractivity contribution in [2.24, 2.45) is 0 Å². The van der Waals surface area contributed by atoms with Crippen molar-refractivity contribution in [3.8, 4) is 17.2 Å². The van der Waals surface area contributed by atoms with E-state index < -0.39 is 38.8 Å². The van der Waals surface area contributed by atoms with Crippen molar-refractivity contribution in [2.45, 2.75) is 12.2 Å². The fraction of sp³-hybridized carbons (Fsp3) is 0.111.